The number of carbonyl (C=O) groups is 2. The fourth-order valence-corrected chi connectivity index (χ4v) is 4.22. The lowest BCUT2D eigenvalue weighted by atomic mass is 9.93. The van der Waals surface area contributed by atoms with Crippen LogP contribution in [0.5, 0.6) is 0 Å². The summed E-state index contributed by atoms with van der Waals surface area (Å²) in [5.74, 6) is -1.81. The fourth-order valence-electron chi connectivity index (χ4n) is 3.55. The van der Waals surface area contributed by atoms with E-state index in [-0.39, 0.29) is 23.4 Å². The molecule has 0 unspecified atom stereocenters. The van der Waals surface area contributed by atoms with E-state index in [1.165, 1.54) is 12.1 Å². The van der Waals surface area contributed by atoms with E-state index in [4.69, 9.17) is 16.3 Å². The number of halogens is 2. The van der Waals surface area contributed by atoms with Crippen molar-refractivity contribution in [2.24, 2.45) is 0 Å². The first kappa shape index (κ1) is 24.1. The summed E-state index contributed by atoms with van der Waals surface area (Å²) >= 11 is 5.91. The highest BCUT2D eigenvalue weighted by atomic mass is 35.5. The Bertz CT molecular complexity index is 1090. The number of amides is 1. The lowest BCUT2D eigenvalue weighted by Crippen LogP contribution is -2.43. The largest absolute Gasteiger partial charge is 0.451 e. The normalized spacial score (nSPS) is 14.7. The van der Waals surface area contributed by atoms with E-state index in [1.54, 1.807) is 17.0 Å². The van der Waals surface area contributed by atoms with Gasteiger partial charge in [-0.1, -0.05) is 43.0 Å². The van der Waals surface area contributed by atoms with Gasteiger partial charge in [-0.2, -0.15) is 0 Å². The zero-order valence-electron chi connectivity index (χ0n) is 17.5. The molecule has 1 fully saturated rings. The summed E-state index contributed by atoms with van der Waals surface area (Å²) in [6.45, 7) is -0.307. The predicted molar refractivity (Wildman–Crippen MR) is 114 cm³/mol. The highest BCUT2D eigenvalue weighted by molar-refractivity contribution is 7.90. The van der Waals surface area contributed by atoms with Gasteiger partial charge in [0.15, 0.2) is 12.3 Å². The van der Waals surface area contributed by atoms with E-state index in [9.17, 15) is 22.4 Å². The minimum atomic E-state index is -3.76. The molecule has 0 radical (unpaired) electrons. The quantitative estimate of drug-likeness (QED) is 0.439. The van der Waals surface area contributed by atoms with Gasteiger partial charge in [-0.3, -0.25) is 4.79 Å². The van der Waals surface area contributed by atoms with Gasteiger partial charge in [-0.25, -0.2) is 27.6 Å². The first-order chi connectivity index (χ1) is 15.1. The molecule has 1 saturated carbocycles. The maximum Gasteiger partial charge on any atom is 0.359 e. The van der Waals surface area contributed by atoms with Gasteiger partial charge in [-0.05, 0) is 30.5 Å². The molecule has 1 amide bonds. The molecule has 0 aliphatic heterocycles. The summed E-state index contributed by atoms with van der Waals surface area (Å²) in [6, 6.07) is 5.86. The van der Waals surface area contributed by atoms with Gasteiger partial charge in [0.2, 0.25) is 15.0 Å². The van der Waals surface area contributed by atoms with E-state index < -0.39 is 39.2 Å². The maximum absolute atomic E-state index is 13.2. The molecule has 1 heterocycles. The smallest absolute Gasteiger partial charge is 0.359 e. The average Bonchev–Trinajstić information content (AvgIpc) is 2.77. The van der Waals surface area contributed by atoms with Crippen LogP contribution in [0.1, 0.15) is 48.2 Å². The van der Waals surface area contributed by atoms with Crippen LogP contribution >= 0.6 is 11.6 Å². The predicted octanol–water partition coefficient (Wildman–Crippen LogP) is 3.19. The Morgan fingerprint density at radius 3 is 2.47 bits per heavy atom. The summed E-state index contributed by atoms with van der Waals surface area (Å²) < 4.78 is 41.6. The third kappa shape index (κ3) is 6.23. The third-order valence-corrected chi connectivity index (χ3v) is 6.31. The lowest BCUT2D eigenvalue weighted by Gasteiger charge is -2.34. The van der Waals surface area contributed by atoms with Gasteiger partial charge in [0.25, 0.3) is 5.91 Å². The highest BCUT2D eigenvalue weighted by Gasteiger charge is 2.27. The van der Waals surface area contributed by atoms with Crippen LogP contribution < -0.4 is 0 Å². The second kappa shape index (κ2) is 10.4. The number of ether oxygens (including phenoxy) is 1. The van der Waals surface area contributed by atoms with Crippen LogP contribution in [0.25, 0.3) is 0 Å². The van der Waals surface area contributed by atoms with Crippen molar-refractivity contribution >= 4 is 33.3 Å². The van der Waals surface area contributed by atoms with Gasteiger partial charge < -0.3 is 9.64 Å². The number of rotatable bonds is 7. The SMILES string of the molecule is CS(=O)(=O)c1ncc(Cl)c(C(=O)OCC(=O)N(Cc2ccc(F)cc2)C2CCCCC2)n1. The van der Waals surface area contributed by atoms with Crippen molar-refractivity contribution in [2.75, 3.05) is 12.9 Å². The second-order valence-electron chi connectivity index (χ2n) is 7.64. The zero-order valence-corrected chi connectivity index (χ0v) is 19.0. The van der Waals surface area contributed by atoms with Crippen molar-refractivity contribution < 1.29 is 27.1 Å². The topological polar surface area (TPSA) is 107 Å². The Balaban J connectivity index is 1.73. The van der Waals surface area contributed by atoms with Crippen molar-refractivity contribution in [3.63, 3.8) is 0 Å². The Kier molecular flexibility index (Phi) is 7.78. The van der Waals surface area contributed by atoms with E-state index in [1.807, 2.05) is 0 Å². The van der Waals surface area contributed by atoms with Crippen molar-refractivity contribution in [2.45, 2.75) is 49.8 Å². The molecule has 2 aromatic rings. The van der Waals surface area contributed by atoms with Crippen molar-refractivity contribution in [1.82, 2.24) is 14.9 Å². The summed E-state index contributed by atoms with van der Waals surface area (Å²) in [4.78, 5) is 34.3. The molecule has 32 heavy (non-hydrogen) atoms. The molecule has 1 aromatic heterocycles. The molecular formula is C21H23ClFN3O5S. The second-order valence-corrected chi connectivity index (χ2v) is 9.95. The number of carbonyl (C=O) groups excluding carboxylic acids is 2. The number of hydrogen-bond donors (Lipinski definition) is 0. The summed E-state index contributed by atoms with van der Waals surface area (Å²) in [7, 11) is -3.76. The molecule has 8 nitrogen and oxygen atoms in total. The summed E-state index contributed by atoms with van der Waals surface area (Å²) in [5.41, 5.74) is 0.325. The number of aromatic nitrogens is 2. The van der Waals surface area contributed by atoms with Crippen LogP contribution in [-0.4, -0.2) is 54.1 Å². The first-order valence-electron chi connectivity index (χ1n) is 10.1. The van der Waals surface area contributed by atoms with E-state index in [0.29, 0.717) is 0 Å². The van der Waals surface area contributed by atoms with Crippen LogP contribution in [0.3, 0.4) is 0 Å². The minimum absolute atomic E-state index is 0.0144. The number of sulfone groups is 1. The highest BCUT2D eigenvalue weighted by Crippen LogP contribution is 2.25. The molecule has 0 saturated heterocycles. The number of esters is 1. The first-order valence-corrected chi connectivity index (χ1v) is 12.4. The van der Waals surface area contributed by atoms with Gasteiger partial charge in [0.1, 0.15) is 5.82 Å². The Morgan fingerprint density at radius 2 is 1.84 bits per heavy atom. The number of hydrogen-bond acceptors (Lipinski definition) is 7. The van der Waals surface area contributed by atoms with Crippen LogP contribution in [0, 0.1) is 5.82 Å². The monoisotopic (exact) mass is 483 g/mol. The van der Waals surface area contributed by atoms with Crippen LogP contribution in [0.15, 0.2) is 35.6 Å². The van der Waals surface area contributed by atoms with E-state index in [2.05, 4.69) is 9.97 Å². The average molecular weight is 484 g/mol. The molecule has 0 bridgehead atoms. The molecule has 1 aliphatic carbocycles. The van der Waals surface area contributed by atoms with E-state index in [0.717, 1.165) is 50.1 Å². The summed E-state index contributed by atoms with van der Waals surface area (Å²) in [6.07, 6.45) is 6.62. The van der Waals surface area contributed by atoms with Gasteiger partial charge in [-0.15, -0.1) is 0 Å². The Morgan fingerprint density at radius 1 is 1.19 bits per heavy atom. The Labute approximate surface area is 190 Å². The molecule has 1 aliphatic rings. The molecular weight excluding hydrogens is 461 g/mol. The molecule has 172 valence electrons. The van der Waals surface area contributed by atoms with Crippen molar-refractivity contribution in [3.8, 4) is 0 Å². The molecule has 1 aromatic carbocycles. The van der Waals surface area contributed by atoms with Crippen molar-refractivity contribution in [1.29, 1.82) is 0 Å². The standard InChI is InChI=1S/C21H23ClFN3O5S/c1-32(29,30)21-24-11-17(22)19(25-21)20(28)31-13-18(27)26(16-5-3-2-4-6-16)12-14-7-9-15(23)10-8-14/h7-11,16H,2-6,12-13H2,1H3. The Hall–Kier alpha value is -2.59. The van der Waals surface area contributed by atoms with Gasteiger partial charge >= 0.3 is 5.97 Å². The minimum Gasteiger partial charge on any atom is -0.451 e. The van der Waals surface area contributed by atoms with Crippen molar-refractivity contribution in [3.05, 3.63) is 52.6 Å². The van der Waals surface area contributed by atoms with Crippen LogP contribution in [-0.2, 0) is 25.9 Å². The van der Waals surface area contributed by atoms with Gasteiger partial charge in [0.05, 0.1) is 11.2 Å². The zero-order chi connectivity index (χ0) is 23.3. The van der Waals surface area contributed by atoms with E-state index >= 15 is 0 Å². The molecule has 0 spiro atoms. The third-order valence-electron chi connectivity index (χ3n) is 5.18. The molecule has 0 N–H and O–H groups in total. The summed E-state index contributed by atoms with van der Waals surface area (Å²) in [5, 5.41) is -0.759. The number of nitrogens with zero attached hydrogens (tertiary/aromatic N) is 3. The molecule has 11 heteroatoms. The number of benzene rings is 1. The lowest BCUT2D eigenvalue weighted by molar-refractivity contribution is -0.138. The molecule has 0 atom stereocenters. The maximum atomic E-state index is 13.2. The van der Waals surface area contributed by atoms with Crippen LogP contribution in [0.4, 0.5) is 4.39 Å². The van der Waals surface area contributed by atoms with Gasteiger partial charge in [0, 0.05) is 18.8 Å². The molecule has 3 rings (SSSR count). The fraction of sp³-hybridized carbons (Fsp3) is 0.429. The van der Waals surface area contributed by atoms with Crippen LogP contribution in [0.2, 0.25) is 5.02 Å².